The zero-order valence-corrected chi connectivity index (χ0v) is 9.88. The number of hydrogen-bond acceptors (Lipinski definition) is 4. The fourth-order valence-corrected chi connectivity index (χ4v) is 1.07. The van der Waals surface area contributed by atoms with E-state index in [0.29, 0.717) is 26.3 Å². The second-order valence-electron chi connectivity index (χ2n) is 3.01. The standard InChI is InChI=1S/C10H21F2NO3/c1-3-15-10(16-4-2)7-13-5-6-14-8-9(11)12/h9-10,13H,3-8H2,1-2H3. The molecule has 0 heterocycles. The summed E-state index contributed by atoms with van der Waals surface area (Å²) < 4.78 is 38.6. The van der Waals surface area contributed by atoms with Crippen LogP contribution in [0.3, 0.4) is 0 Å². The third-order valence-electron chi connectivity index (χ3n) is 1.68. The fourth-order valence-electron chi connectivity index (χ4n) is 1.07. The van der Waals surface area contributed by atoms with Gasteiger partial charge in [-0.3, -0.25) is 0 Å². The van der Waals surface area contributed by atoms with E-state index in [0.717, 1.165) is 0 Å². The van der Waals surface area contributed by atoms with Gasteiger partial charge in [0.25, 0.3) is 6.43 Å². The second kappa shape index (κ2) is 11.2. The van der Waals surface area contributed by atoms with E-state index in [-0.39, 0.29) is 12.9 Å². The maximum absolute atomic E-state index is 11.7. The van der Waals surface area contributed by atoms with Gasteiger partial charge < -0.3 is 19.5 Å². The van der Waals surface area contributed by atoms with E-state index >= 15 is 0 Å². The van der Waals surface area contributed by atoms with Gasteiger partial charge in [-0.25, -0.2) is 8.78 Å². The molecule has 0 aliphatic carbocycles. The lowest BCUT2D eigenvalue weighted by molar-refractivity contribution is -0.133. The minimum absolute atomic E-state index is 0.259. The van der Waals surface area contributed by atoms with Crippen molar-refractivity contribution in [3.05, 3.63) is 0 Å². The topological polar surface area (TPSA) is 39.7 Å². The van der Waals surface area contributed by atoms with Crippen LogP contribution < -0.4 is 5.32 Å². The Labute approximate surface area is 95.2 Å². The van der Waals surface area contributed by atoms with Gasteiger partial charge in [0, 0.05) is 26.3 Å². The minimum Gasteiger partial charge on any atom is -0.374 e. The summed E-state index contributed by atoms with van der Waals surface area (Å²) >= 11 is 0. The van der Waals surface area contributed by atoms with Crippen LogP contribution in [0.4, 0.5) is 8.78 Å². The lowest BCUT2D eigenvalue weighted by atomic mass is 10.5. The fraction of sp³-hybridized carbons (Fsp3) is 1.00. The van der Waals surface area contributed by atoms with E-state index in [9.17, 15) is 8.78 Å². The summed E-state index contributed by atoms with van der Waals surface area (Å²) in [5.41, 5.74) is 0. The number of rotatable bonds is 11. The zero-order chi connectivity index (χ0) is 12.2. The van der Waals surface area contributed by atoms with Crippen LogP contribution in [0.15, 0.2) is 0 Å². The van der Waals surface area contributed by atoms with Crippen LogP contribution in [0.5, 0.6) is 0 Å². The van der Waals surface area contributed by atoms with E-state index in [1.54, 1.807) is 0 Å². The maximum Gasteiger partial charge on any atom is 0.261 e. The monoisotopic (exact) mass is 241 g/mol. The molecule has 0 radical (unpaired) electrons. The average Bonchev–Trinajstić information content (AvgIpc) is 2.23. The van der Waals surface area contributed by atoms with Crippen molar-refractivity contribution in [1.29, 1.82) is 0 Å². The Kier molecular flexibility index (Phi) is 11.0. The van der Waals surface area contributed by atoms with Crippen LogP contribution >= 0.6 is 0 Å². The molecule has 0 fully saturated rings. The first-order valence-electron chi connectivity index (χ1n) is 5.50. The molecule has 0 aromatic heterocycles. The summed E-state index contributed by atoms with van der Waals surface area (Å²) in [5.74, 6) is 0. The van der Waals surface area contributed by atoms with E-state index in [2.05, 4.69) is 5.32 Å². The third-order valence-corrected chi connectivity index (χ3v) is 1.68. The molecule has 0 aliphatic heterocycles. The van der Waals surface area contributed by atoms with Gasteiger partial charge in [-0.2, -0.15) is 0 Å². The van der Waals surface area contributed by atoms with Crippen molar-refractivity contribution in [2.45, 2.75) is 26.6 Å². The van der Waals surface area contributed by atoms with Gasteiger partial charge in [0.2, 0.25) is 0 Å². The Bertz CT molecular complexity index is 144. The van der Waals surface area contributed by atoms with Crippen LogP contribution in [0.1, 0.15) is 13.8 Å². The molecule has 4 nitrogen and oxygen atoms in total. The Morgan fingerprint density at radius 1 is 1.12 bits per heavy atom. The molecule has 6 heteroatoms. The number of alkyl halides is 2. The largest absolute Gasteiger partial charge is 0.374 e. The maximum atomic E-state index is 11.7. The molecule has 0 aromatic carbocycles. The van der Waals surface area contributed by atoms with Crippen LogP contribution in [-0.4, -0.2) is 52.2 Å². The zero-order valence-electron chi connectivity index (χ0n) is 9.88. The number of halogens is 2. The van der Waals surface area contributed by atoms with Gasteiger partial charge in [-0.05, 0) is 13.8 Å². The number of nitrogens with one attached hydrogen (secondary N) is 1. The SMILES string of the molecule is CCOC(CNCCOCC(F)F)OCC. The summed E-state index contributed by atoms with van der Waals surface area (Å²) in [4.78, 5) is 0. The van der Waals surface area contributed by atoms with Gasteiger partial charge in [0.1, 0.15) is 6.61 Å². The van der Waals surface area contributed by atoms with Gasteiger partial charge in [-0.15, -0.1) is 0 Å². The highest BCUT2D eigenvalue weighted by Gasteiger charge is 2.06. The number of ether oxygens (including phenoxy) is 3. The molecule has 0 saturated carbocycles. The molecule has 1 N–H and O–H groups in total. The second-order valence-corrected chi connectivity index (χ2v) is 3.01. The Balaban J connectivity index is 3.32. The molecule has 98 valence electrons. The molecular formula is C10H21F2NO3. The van der Waals surface area contributed by atoms with Crippen molar-refractivity contribution < 1.29 is 23.0 Å². The Morgan fingerprint density at radius 3 is 2.25 bits per heavy atom. The first-order chi connectivity index (χ1) is 7.70. The van der Waals surface area contributed by atoms with Gasteiger partial charge >= 0.3 is 0 Å². The van der Waals surface area contributed by atoms with Crippen molar-refractivity contribution in [2.24, 2.45) is 0 Å². The predicted octanol–water partition coefficient (Wildman–Crippen LogP) is 1.26. The smallest absolute Gasteiger partial charge is 0.261 e. The van der Waals surface area contributed by atoms with E-state index in [1.165, 1.54) is 0 Å². The molecule has 0 aliphatic rings. The molecular weight excluding hydrogens is 220 g/mol. The minimum atomic E-state index is -2.40. The highest BCUT2D eigenvalue weighted by atomic mass is 19.3. The van der Waals surface area contributed by atoms with Crippen molar-refractivity contribution in [3.63, 3.8) is 0 Å². The van der Waals surface area contributed by atoms with Gasteiger partial charge in [0.05, 0.1) is 6.61 Å². The van der Waals surface area contributed by atoms with Crippen molar-refractivity contribution >= 4 is 0 Å². The molecule has 0 atom stereocenters. The summed E-state index contributed by atoms with van der Waals surface area (Å²) in [6.07, 6.45) is -2.69. The highest BCUT2D eigenvalue weighted by Crippen LogP contribution is 1.93. The molecule has 0 unspecified atom stereocenters. The lowest BCUT2D eigenvalue weighted by Gasteiger charge is -2.17. The molecule has 0 bridgehead atoms. The van der Waals surface area contributed by atoms with Crippen LogP contribution in [0.2, 0.25) is 0 Å². The quantitative estimate of drug-likeness (QED) is 0.436. The van der Waals surface area contributed by atoms with Crippen LogP contribution in [-0.2, 0) is 14.2 Å². The van der Waals surface area contributed by atoms with E-state index < -0.39 is 13.0 Å². The van der Waals surface area contributed by atoms with Crippen molar-refractivity contribution in [2.75, 3.05) is 39.5 Å². The summed E-state index contributed by atoms with van der Waals surface area (Å²) in [6.45, 7) is 5.71. The Hall–Kier alpha value is -0.300. The van der Waals surface area contributed by atoms with Gasteiger partial charge in [0.15, 0.2) is 6.29 Å². The molecule has 0 aromatic rings. The first-order valence-corrected chi connectivity index (χ1v) is 5.50. The van der Waals surface area contributed by atoms with Crippen molar-refractivity contribution in [1.82, 2.24) is 5.32 Å². The molecule has 0 spiro atoms. The summed E-state index contributed by atoms with van der Waals surface area (Å²) in [6, 6.07) is 0. The van der Waals surface area contributed by atoms with Crippen molar-refractivity contribution in [3.8, 4) is 0 Å². The lowest BCUT2D eigenvalue weighted by Crippen LogP contribution is -2.33. The normalized spacial score (nSPS) is 11.6. The summed E-state index contributed by atoms with van der Waals surface area (Å²) in [5, 5.41) is 3.01. The van der Waals surface area contributed by atoms with E-state index in [4.69, 9.17) is 14.2 Å². The van der Waals surface area contributed by atoms with E-state index in [1.807, 2.05) is 13.8 Å². The molecule has 16 heavy (non-hydrogen) atoms. The Morgan fingerprint density at radius 2 is 1.75 bits per heavy atom. The highest BCUT2D eigenvalue weighted by molar-refractivity contribution is 4.51. The van der Waals surface area contributed by atoms with Crippen LogP contribution in [0, 0.1) is 0 Å². The first kappa shape index (κ1) is 15.7. The molecule has 0 rings (SSSR count). The molecule has 0 saturated heterocycles. The van der Waals surface area contributed by atoms with Gasteiger partial charge in [-0.1, -0.05) is 0 Å². The number of hydrogen-bond donors (Lipinski definition) is 1. The summed E-state index contributed by atoms with van der Waals surface area (Å²) in [7, 11) is 0. The third kappa shape index (κ3) is 10.2. The predicted molar refractivity (Wildman–Crippen MR) is 56.7 cm³/mol. The average molecular weight is 241 g/mol. The molecule has 0 amide bonds. The van der Waals surface area contributed by atoms with Crippen LogP contribution in [0.25, 0.3) is 0 Å².